The lowest BCUT2D eigenvalue weighted by Crippen LogP contribution is -2.08. The number of para-hydroxylation sites is 2. The number of imidazole rings is 1. The lowest BCUT2D eigenvalue weighted by atomic mass is 10.3. The van der Waals surface area contributed by atoms with Crippen LogP contribution in [-0.2, 0) is 17.7 Å². The van der Waals surface area contributed by atoms with E-state index >= 15 is 0 Å². The molecule has 1 aromatic carbocycles. The Bertz CT molecular complexity index is 481. The molecular weight excluding hydrogens is 236 g/mol. The van der Waals surface area contributed by atoms with Crippen LogP contribution in [0.1, 0.15) is 12.2 Å². The number of aromatic nitrogens is 2. The van der Waals surface area contributed by atoms with Gasteiger partial charge in [0, 0.05) is 26.0 Å². The Labute approximate surface area is 106 Å². The monoisotopic (exact) mass is 252 g/mol. The van der Waals surface area contributed by atoms with Crippen molar-refractivity contribution in [3.05, 3.63) is 30.1 Å². The van der Waals surface area contributed by atoms with Gasteiger partial charge in [0.25, 0.3) is 0 Å². The molecule has 1 aromatic heterocycles. The van der Waals surface area contributed by atoms with Gasteiger partial charge >= 0.3 is 0 Å². The molecule has 0 unspecified atom stereocenters. The number of fused-ring (bicyclic) bond motifs is 1. The Hall–Kier alpha value is -1.06. The standard InChI is InChI=1S/C13H17ClN2O/c1-17-10-9-16-12-6-3-2-5-11(12)15-13(16)7-4-8-14/h2-3,5-6H,4,7-10H2,1H3. The van der Waals surface area contributed by atoms with E-state index in [1.807, 2.05) is 18.2 Å². The second-order valence-corrected chi connectivity index (χ2v) is 4.33. The average molecular weight is 253 g/mol. The fourth-order valence-corrected chi connectivity index (χ4v) is 2.11. The summed E-state index contributed by atoms with van der Waals surface area (Å²) in [6.45, 7) is 1.54. The zero-order valence-corrected chi connectivity index (χ0v) is 10.8. The first kappa shape index (κ1) is 12.4. The van der Waals surface area contributed by atoms with E-state index in [-0.39, 0.29) is 0 Å². The van der Waals surface area contributed by atoms with Crippen molar-refractivity contribution < 1.29 is 4.74 Å². The highest BCUT2D eigenvalue weighted by Gasteiger charge is 2.09. The number of ether oxygens (including phenoxy) is 1. The molecule has 1 heterocycles. The molecule has 0 fully saturated rings. The van der Waals surface area contributed by atoms with Gasteiger partial charge in [-0.15, -0.1) is 11.6 Å². The van der Waals surface area contributed by atoms with Crippen molar-refractivity contribution in [3.8, 4) is 0 Å². The first-order valence-electron chi connectivity index (χ1n) is 5.86. The Morgan fingerprint density at radius 2 is 2.18 bits per heavy atom. The van der Waals surface area contributed by atoms with Gasteiger partial charge in [-0.05, 0) is 18.6 Å². The number of methoxy groups -OCH3 is 1. The van der Waals surface area contributed by atoms with Crippen LogP contribution in [0.15, 0.2) is 24.3 Å². The number of aryl methyl sites for hydroxylation is 1. The van der Waals surface area contributed by atoms with Crippen LogP contribution < -0.4 is 0 Å². The minimum Gasteiger partial charge on any atom is -0.383 e. The Balaban J connectivity index is 2.34. The third-order valence-corrected chi connectivity index (χ3v) is 3.05. The van der Waals surface area contributed by atoms with Crippen LogP contribution in [0.25, 0.3) is 11.0 Å². The summed E-state index contributed by atoms with van der Waals surface area (Å²) >= 11 is 5.75. The zero-order chi connectivity index (χ0) is 12.1. The van der Waals surface area contributed by atoms with Gasteiger partial charge in [-0.2, -0.15) is 0 Å². The summed E-state index contributed by atoms with van der Waals surface area (Å²) in [5, 5.41) is 0. The maximum atomic E-state index is 5.75. The Kier molecular flexibility index (Phi) is 4.40. The summed E-state index contributed by atoms with van der Waals surface area (Å²) in [7, 11) is 1.72. The molecule has 0 bridgehead atoms. The predicted octanol–water partition coefficient (Wildman–Crippen LogP) is 2.85. The van der Waals surface area contributed by atoms with Gasteiger partial charge in [-0.3, -0.25) is 0 Å². The molecule has 2 aromatic rings. The lowest BCUT2D eigenvalue weighted by Gasteiger charge is -2.07. The van der Waals surface area contributed by atoms with Gasteiger partial charge in [0.15, 0.2) is 0 Å². The van der Waals surface area contributed by atoms with E-state index in [0.29, 0.717) is 12.5 Å². The first-order chi connectivity index (χ1) is 8.36. The van der Waals surface area contributed by atoms with Crippen molar-refractivity contribution in [3.63, 3.8) is 0 Å². The highest BCUT2D eigenvalue weighted by atomic mass is 35.5. The summed E-state index contributed by atoms with van der Waals surface area (Å²) < 4.78 is 7.38. The van der Waals surface area contributed by atoms with Gasteiger partial charge in [-0.1, -0.05) is 12.1 Å². The quantitative estimate of drug-likeness (QED) is 0.740. The zero-order valence-electron chi connectivity index (χ0n) is 10.0. The summed E-state index contributed by atoms with van der Waals surface area (Å²) in [6.07, 6.45) is 1.87. The van der Waals surface area contributed by atoms with Gasteiger partial charge in [0.2, 0.25) is 0 Å². The molecule has 4 heteroatoms. The van der Waals surface area contributed by atoms with Gasteiger partial charge < -0.3 is 9.30 Å². The molecule has 0 atom stereocenters. The van der Waals surface area contributed by atoms with E-state index in [0.717, 1.165) is 30.7 Å². The SMILES string of the molecule is COCCn1c(CCCCl)nc2ccccc21. The van der Waals surface area contributed by atoms with Crippen LogP contribution in [-0.4, -0.2) is 29.1 Å². The average Bonchev–Trinajstić information content (AvgIpc) is 2.71. The molecule has 2 rings (SSSR count). The van der Waals surface area contributed by atoms with Crippen LogP contribution in [0.4, 0.5) is 0 Å². The lowest BCUT2D eigenvalue weighted by molar-refractivity contribution is 0.187. The molecule has 0 amide bonds. The number of halogens is 1. The van der Waals surface area contributed by atoms with Crippen LogP contribution in [0.2, 0.25) is 0 Å². The third kappa shape index (κ3) is 2.79. The molecule has 0 saturated heterocycles. The molecule has 0 aliphatic rings. The van der Waals surface area contributed by atoms with E-state index < -0.39 is 0 Å². The molecule has 17 heavy (non-hydrogen) atoms. The normalized spacial score (nSPS) is 11.2. The summed E-state index contributed by atoms with van der Waals surface area (Å²) in [6, 6.07) is 8.20. The predicted molar refractivity (Wildman–Crippen MR) is 70.7 cm³/mol. The van der Waals surface area contributed by atoms with Gasteiger partial charge in [0.05, 0.1) is 17.6 Å². The van der Waals surface area contributed by atoms with E-state index in [2.05, 4.69) is 15.6 Å². The number of nitrogens with zero attached hydrogens (tertiary/aromatic N) is 2. The molecule has 3 nitrogen and oxygen atoms in total. The molecule has 92 valence electrons. The number of benzene rings is 1. The first-order valence-corrected chi connectivity index (χ1v) is 6.39. The van der Waals surface area contributed by atoms with Crippen LogP contribution in [0.3, 0.4) is 0 Å². The summed E-state index contributed by atoms with van der Waals surface area (Å²) in [5.41, 5.74) is 2.22. The Morgan fingerprint density at radius 1 is 1.35 bits per heavy atom. The van der Waals surface area contributed by atoms with Crippen molar-refractivity contribution in [2.75, 3.05) is 19.6 Å². The molecule has 0 N–H and O–H groups in total. The summed E-state index contributed by atoms with van der Waals surface area (Å²) in [5.74, 6) is 1.77. The highest BCUT2D eigenvalue weighted by Crippen LogP contribution is 2.17. The van der Waals surface area contributed by atoms with Crippen LogP contribution >= 0.6 is 11.6 Å². The van der Waals surface area contributed by atoms with Crippen molar-refractivity contribution in [1.29, 1.82) is 0 Å². The van der Waals surface area contributed by atoms with Crippen LogP contribution in [0, 0.1) is 0 Å². The fraction of sp³-hybridized carbons (Fsp3) is 0.462. The molecule has 0 aliphatic carbocycles. The molecule has 0 spiro atoms. The third-order valence-electron chi connectivity index (χ3n) is 2.79. The van der Waals surface area contributed by atoms with Crippen molar-refractivity contribution in [2.24, 2.45) is 0 Å². The highest BCUT2D eigenvalue weighted by molar-refractivity contribution is 6.17. The van der Waals surface area contributed by atoms with E-state index in [4.69, 9.17) is 16.3 Å². The molecule has 0 saturated carbocycles. The number of rotatable bonds is 6. The van der Waals surface area contributed by atoms with Gasteiger partial charge in [0.1, 0.15) is 5.82 Å². The van der Waals surface area contributed by atoms with Crippen molar-refractivity contribution in [2.45, 2.75) is 19.4 Å². The number of hydrogen-bond donors (Lipinski definition) is 0. The van der Waals surface area contributed by atoms with Crippen LogP contribution in [0.5, 0.6) is 0 Å². The largest absolute Gasteiger partial charge is 0.383 e. The number of hydrogen-bond acceptors (Lipinski definition) is 2. The minimum absolute atomic E-state index is 0.674. The molecule has 0 aliphatic heterocycles. The maximum Gasteiger partial charge on any atom is 0.109 e. The molecular formula is C13H17ClN2O. The number of alkyl halides is 1. The maximum absolute atomic E-state index is 5.75. The fourth-order valence-electron chi connectivity index (χ4n) is 1.97. The van der Waals surface area contributed by atoms with Crippen molar-refractivity contribution >= 4 is 22.6 Å². The van der Waals surface area contributed by atoms with E-state index in [9.17, 15) is 0 Å². The topological polar surface area (TPSA) is 27.1 Å². The smallest absolute Gasteiger partial charge is 0.109 e. The van der Waals surface area contributed by atoms with E-state index in [1.54, 1.807) is 7.11 Å². The minimum atomic E-state index is 0.674. The second kappa shape index (κ2) is 6.03. The second-order valence-electron chi connectivity index (χ2n) is 3.95. The Morgan fingerprint density at radius 3 is 2.94 bits per heavy atom. The summed E-state index contributed by atoms with van der Waals surface area (Å²) in [4.78, 5) is 4.65. The molecule has 0 radical (unpaired) electrons. The van der Waals surface area contributed by atoms with Crippen molar-refractivity contribution in [1.82, 2.24) is 9.55 Å². The van der Waals surface area contributed by atoms with E-state index in [1.165, 1.54) is 5.52 Å². The van der Waals surface area contributed by atoms with Gasteiger partial charge in [-0.25, -0.2) is 4.98 Å².